The largest absolute Gasteiger partial charge is 0.338 e. The van der Waals surface area contributed by atoms with Crippen molar-refractivity contribution in [2.24, 2.45) is 0 Å². The number of aryl methyl sites for hydroxylation is 1. The molecule has 9 nitrogen and oxygen atoms in total. The predicted octanol–water partition coefficient (Wildman–Crippen LogP) is 1.15. The molecule has 0 atom stereocenters. The van der Waals surface area contributed by atoms with E-state index in [0.717, 1.165) is 50.1 Å². The molecule has 0 aromatic carbocycles. The standard InChI is InChI=1S/C16H21N9S/c1-4-23-7-9-24(10-8-23)14-17-6-5-12(18-14)13-11(2)25-15(21-20-13)19-16(22-25)26-3/h5-6H,4,7-10H2,1-3H3. The van der Waals surface area contributed by atoms with Crippen molar-refractivity contribution >= 4 is 23.5 Å². The second kappa shape index (κ2) is 7.12. The summed E-state index contributed by atoms with van der Waals surface area (Å²) < 4.78 is 1.72. The smallest absolute Gasteiger partial charge is 0.272 e. The van der Waals surface area contributed by atoms with E-state index in [4.69, 9.17) is 4.98 Å². The fourth-order valence-electron chi connectivity index (χ4n) is 3.06. The minimum atomic E-state index is 0.501. The van der Waals surface area contributed by atoms with E-state index >= 15 is 0 Å². The Balaban J connectivity index is 1.66. The monoisotopic (exact) mass is 371 g/mol. The van der Waals surface area contributed by atoms with Crippen molar-refractivity contribution in [2.75, 3.05) is 43.9 Å². The van der Waals surface area contributed by atoms with Crippen molar-refractivity contribution in [3.8, 4) is 11.4 Å². The lowest BCUT2D eigenvalue weighted by molar-refractivity contribution is 0.270. The number of likely N-dealkylation sites (N-methyl/N-ethyl adjacent to an activating group) is 1. The van der Waals surface area contributed by atoms with Gasteiger partial charge in [0.2, 0.25) is 11.1 Å². The zero-order valence-corrected chi connectivity index (χ0v) is 15.9. The summed E-state index contributed by atoms with van der Waals surface area (Å²) in [5.41, 5.74) is 2.31. The molecular weight excluding hydrogens is 350 g/mol. The molecule has 1 aliphatic rings. The summed E-state index contributed by atoms with van der Waals surface area (Å²) in [5, 5.41) is 13.7. The first kappa shape index (κ1) is 17.1. The van der Waals surface area contributed by atoms with Crippen molar-refractivity contribution in [1.29, 1.82) is 0 Å². The Morgan fingerprint density at radius 2 is 1.92 bits per heavy atom. The second-order valence-corrected chi connectivity index (χ2v) is 6.88. The molecule has 136 valence electrons. The van der Waals surface area contributed by atoms with Crippen LogP contribution in [0.1, 0.15) is 12.6 Å². The molecule has 4 rings (SSSR count). The Hall–Kier alpha value is -2.33. The van der Waals surface area contributed by atoms with E-state index < -0.39 is 0 Å². The first-order valence-corrected chi connectivity index (χ1v) is 9.87. The van der Waals surface area contributed by atoms with Gasteiger partial charge in [0.1, 0.15) is 5.69 Å². The lowest BCUT2D eigenvalue weighted by atomic mass is 10.2. The predicted molar refractivity (Wildman–Crippen MR) is 100 cm³/mol. The normalized spacial score (nSPS) is 15.7. The SMILES string of the molecule is CCN1CCN(c2nccc(-c3nnc4nc(SC)nn4c3C)n2)CC1. The summed E-state index contributed by atoms with van der Waals surface area (Å²) in [6.45, 7) is 9.16. The summed E-state index contributed by atoms with van der Waals surface area (Å²) in [7, 11) is 0. The maximum atomic E-state index is 4.74. The number of thioether (sulfide) groups is 1. The van der Waals surface area contributed by atoms with Crippen molar-refractivity contribution in [3.05, 3.63) is 18.0 Å². The van der Waals surface area contributed by atoms with Crippen LogP contribution in [0.5, 0.6) is 0 Å². The van der Waals surface area contributed by atoms with Gasteiger partial charge in [-0.1, -0.05) is 18.7 Å². The fourth-order valence-corrected chi connectivity index (χ4v) is 3.40. The first-order chi connectivity index (χ1) is 12.7. The van der Waals surface area contributed by atoms with E-state index in [1.54, 1.807) is 10.7 Å². The van der Waals surface area contributed by atoms with Gasteiger partial charge in [0.15, 0.2) is 0 Å². The van der Waals surface area contributed by atoms with E-state index in [2.05, 4.69) is 42.0 Å². The molecule has 0 spiro atoms. The summed E-state index contributed by atoms with van der Waals surface area (Å²) in [4.78, 5) is 18.2. The highest BCUT2D eigenvalue weighted by Gasteiger charge is 2.19. The maximum absolute atomic E-state index is 4.74. The number of anilines is 1. The fraction of sp³-hybridized carbons (Fsp3) is 0.500. The highest BCUT2D eigenvalue weighted by atomic mass is 32.2. The van der Waals surface area contributed by atoms with Crippen LogP contribution < -0.4 is 4.90 Å². The van der Waals surface area contributed by atoms with Gasteiger partial charge in [0.05, 0.1) is 11.4 Å². The lowest BCUT2D eigenvalue weighted by Crippen LogP contribution is -2.46. The zero-order chi connectivity index (χ0) is 18.1. The zero-order valence-electron chi connectivity index (χ0n) is 15.1. The minimum absolute atomic E-state index is 0.501. The molecule has 0 unspecified atom stereocenters. The van der Waals surface area contributed by atoms with Crippen LogP contribution in [0.4, 0.5) is 5.95 Å². The number of rotatable bonds is 4. The molecule has 4 heterocycles. The lowest BCUT2D eigenvalue weighted by Gasteiger charge is -2.34. The summed E-state index contributed by atoms with van der Waals surface area (Å²) >= 11 is 1.48. The van der Waals surface area contributed by atoms with Gasteiger partial charge < -0.3 is 9.80 Å². The molecule has 0 amide bonds. The van der Waals surface area contributed by atoms with E-state index in [9.17, 15) is 0 Å². The molecule has 10 heteroatoms. The van der Waals surface area contributed by atoms with E-state index in [0.29, 0.717) is 16.6 Å². The van der Waals surface area contributed by atoms with Gasteiger partial charge in [0, 0.05) is 32.4 Å². The minimum Gasteiger partial charge on any atom is -0.338 e. The van der Waals surface area contributed by atoms with Crippen LogP contribution in [0.25, 0.3) is 17.2 Å². The van der Waals surface area contributed by atoms with Crippen LogP contribution in [-0.4, -0.2) is 78.6 Å². The van der Waals surface area contributed by atoms with Crippen LogP contribution in [0, 0.1) is 6.92 Å². The van der Waals surface area contributed by atoms with Gasteiger partial charge in [-0.05, 0) is 25.8 Å². The van der Waals surface area contributed by atoms with E-state index in [-0.39, 0.29) is 0 Å². The van der Waals surface area contributed by atoms with Gasteiger partial charge in [0.25, 0.3) is 5.78 Å². The molecule has 0 radical (unpaired) electrons. The van der Waals surface area contributed by atoms with Crippen LogP contribution in [0.2, 0.25) is 0 Å². The van der Waals surface area contributed by atoms with Gasteiger partial charge in [-0.2, -0.15) is 9.50 Å². The Kier molecular flexibility index (Phi) is 4.68. The number of hydrogen-bond acceptors (Lipinski definition) is 9. The van der Waals surface area contributed by atoms with Gasteiger partial charge in [-0.15, -0.1) is 15.3 Å². The quantitative estimate of drug-likeness (QED) is 0.627. The number of piperazine rings is 1. The molecule has 1 fully saturated rings. The van der Waals surface area contributed by atoms with Gasteiger partial charge in [-0.25, -0.2) is 9.97 Å². The summed E-state index contributed by atoms with van der Waals surface area (Å²) in [5.74, 6) is 1.24. The van der Waals surface area contributed by atoms with Crippen LogP contribution >= 0.6 is 11.8 Å². The Bertz CT molecular complexity index is 917. The number of fused-ring (bicyclic) bond motifs is 1. The Labute approximate surface area is 155 Å². The number of aromatic nitrogens is 7. The van der Waals surface area contributed by atoms with Crippen molar-refractivity contribution in [3.63, 3.8) is 0 Å². The average Bonchev–Trinajstić information content (AvgIpc) is 3.13. The topological polar surface area (TPSA) is 88.2 Å². The highest BCUT2D eigenvalue weighted by molar-refractivity contribution is 7.98. The molecular formula is C16H21N9S. The summed E-state index contributed by atoms with van der Waals surface area (Å²) in [6, 6.07) is 1.86. The van der Waals surface area contributed by atoms with Crippen LogP contribution in [-0.2, 0) is 0 Å². The van der Waals surface area contributed by atoms with Gasteiger partial charge in [-0.3, -0.25) is 0 Å². The third kappa shape index (κ3) is 3.10. The third-order valence-electron chi connectivity index (χ3n) is 4.64. The molecule has 3 aromatic heterocycles. The Morgan fingerprint density at radius 3 is 2.65 bits per heavy atom. The average molecular weight is 371 g/mol. The molecule has 3 aromatic rings. The van der Waals surface area contributed by atoms with Crippen molar-refractivity contribution < 1.29 is 0 Å². The molecule has 0 bridgehead atoms. The van der Waals surface area contributed by atoms with E-state index in [1.165, 1.54) is 11.8 Å². The van der Waals surface area contributed by atoms with Crippen LogP contribution in [0.15, 0.2) is 17.4 Å². The highest BCUT2D eigenvalue weighted by Crippen LogP contribution is 2.21. The Morgan fingerprint density at radius 1 is 1.12 bits per heavy atom. The van der Waals surface area contributed by atoms with Crippen molar-refractivity contribution in [1.82, 2.24) is 39.7 Å². The second-order valence-electron chi connectivity index (χ2n) is 6.11. The molecule has 26 heavy (non-hydrogen) atoms. The third-order valence-corrected chi connectivity index (χ3v) is 5.18. The molecule has 0 aliphatic carbocycles. The maximum Gasteiger partial charge on any atom is 0.272 e. The summed E-state index contributed by atoms with van der Waals surface area (Å²) in [6.07, 6.45) is 3.72. The van der Waals surface area contributed by atoms with Crippen LogP contribution in [0.3, 0.4) is 0 Å². The number of nitrogens with zero attached hydrogens (tertiary/aromatic N) is 9. The molecule has 1 aliphatic heterocycles. The first-order valence-electron chi connectivity index (χ1n) is 8.64. The van der Waals surface area contributed by atoms with Gasteiger partial charge >= 0.3 is 0 Å². The van der Waals surface area contributed by atoms with E-state index in [1.807, 2.05) is 19.2 Å². The van der Waals surface area contributed by atoms with Crippen molar-refractivity contribution in [2.45, 2.75) is 19.0 Å². The number of hydrogen-bond donors (Lipinski definition) is 0. The molecule has 1 saturated heterocycles. The molecule has 0 saturated carbocycles. The molecule has 0 N–H and O–H groups in total.